The van der Waals surface area contributed by atoms with Crippen LogP contribution in [0.5, 0.6) is 5.75 Å². The summed E-state index contributed by atoms with van der Waals surface area (Å²) in [6.45, 7) is 4.02. The molecule has 1 rings (SSSR count). The number of imide groups is 1. The van der Waals surface area contributed by atoms with Crippen LogP contribution in [0.4, 0.5) is 10.5 Å². The average Bonchev–Trinajstić information content (AvgIpc) is 2.67. The van der Waals surface area contributed by atoms with Crippen molar-refractivity contribution in [1.82, 2.24) is 10.2 Å². The van der Waals surface area contributed by atoms with Crippen molar-refractivity contribution < 1.29 is 22.7 Å². The molecule has 0 aliphatic heterocycles. The predicted octanol–water partition coefficient (Wildman–Crippen LogP) is 3.85. The van der Waals surface area contributed by atoms with Crippen LogP contribution in [-0.2, 0) is 21.7 Å². The third kappa shape index (κ3) is 8.23. The highest BCUT2D eigenvalue weighted by Crippen LogP contribution is 2.28. The summed E-state index contributed by atoms with van der Waals surface area (Å²) in [5.41, 5.74) is 0.658. The molecule has 1 N–H and O–H groups in total. The van der Waals surface area contributed by atoms with Crippen molar-refractivity contribution in [3.63, 3.8) is 0 Å². The van der Waals surface area contributed by atoms with Crippen molar-refractivity contribution in [2.24, 2.45) is 4.36 Å². The number of unbranched alkanes of at least 4 members (excludes halogenated alkanes) is 4. The van der Waals surface area contributed by atoms with E-state index in [1.54, 1.807) is 12.1 Å². The van der Waals surface area contributed by atoms with E-state index in [9.17, 15) is 18.0 Å². The van der Waals surface area contributed by atoms with E-state index >= 15 is 0 Å². The summed E-state index contributed by atoms with van der Waals surface area (Å²) in [7, 11) is 0.250. The molecule has 0 heterocycles. The Morgan fingerprint density at radius 1 is 1.21 bits per heavy atom. The molecule has 0 fully saturated rings. The minimum Gasteiger partial charge on any atom is -0.494 e. The van der Waals surface area contributed by atoms with Crippen LogP contribution in [0.1, 0.15) is 57.9 Å². The molecule has 0 spiro atoms. The normalized spacial score (nSPS) is 11.4. The van der Waals surface area contributed by atoms with Crippen LogP contribution in [-0.4, -0.2) is 45.5 Å². The number of nitrogens with zero attached hydrogens (tertiary/aromatic N) is 2. The van der Waals surface area contributed by atoms with Gasteiger partial charge in [-0.05, 0) is 31.0 Å². The Hall–Kier alpha value is -2.42. The number of carbonyl (C=O) groups excluding carboxylic acids is 2. The molecule has 0 saturated heterocycles. The largest absolute Gasteiger partial charge is 0.494 e. The Balaban J connectivity index is 2.92. The summed E-state index contributed by atoms with van der Waals surface area (Å²) in [5, 5.41) is 2.53. The fourth-order valence-corrected chi connectivity index (χ4v) is 3.41. The van der Waals surface area contributed by atoms with Crippen LogP contribution in [0.3, 0.4) is 0 Å². The van der Waals surface area contributed by atoms with Crippen molar-refractivity contribution in [1.29, 1.82) is 0 Å². The monoisotopic (exact) mass is 425 g/mol. The maximum atomic E-state index is 12.9. The van der Waals surface area contributed by atoms with Crippen molar-refractivity contribution >= 4 is 28.1 Å². The van der Waals surface area contributed by atoms with Crippen LogP contribution in [0.2, 0.25) is 0 Å². The third-order valence-corrected chi connectivity index (χ3v) is 4.98. The lowest BCUT2D eigenvalue weighted by molar-refractivity contribution is -0.129. The molecular formula is C20H31N3O5S. The smallest absolute Gasteiger partial charge is 0.324 e. The number of benzene rings is 1. The fourth-order valence-electron chi connectivity index (χ4n) is 3.11. The molecule has 0 aliphatic carbocycles. The highest BCUT2D eigenvalue weighted by atomic mass is 32.2. The lowest BCUT2D eigenvalue weighted by atomic mass is 10.0. The number of urea groups is 1. The summed E-state index contributed by atoms with van der Waals surface area (Å²) in [4.78, 5) is 26.4. The number of hydrogen-bond acceptors (Lipinski definition) is 6. The first-order valence-electron chi connectivity index (χ1n) is 9.85. The van der Waals surface area contributed by atoms with Gasteiger partial charge < -0.3 is 10.1 Å². The number of nitrogens with one attached hydrogen (secondary N) is 1. The molecule has 0 aliphatic rings. The maximum Gasteiger partial charge on any atom is 0.324 e. The van der Waals surface area contributed by atoms with Gasteiger partial charge in [-0.1, -0.05) is 45.1 Å². The molecule has 0 aromatic heterocycles. The molecule has 9 heteroatoms. The van der Waals surface area contributed by atoms with Gasteiger partial charge in [0.05, 0.1) is 13.5 Å². The van der Waals surface area contributed by atoms with E-state index < -0.39 is 16.5 Å². The topological polar surface area (TPSA) is 105 Å². The molecule has 29 heavy (non-hydrogen) atoms. The average molecular weight is 426 g/mol. The Labute approximate surface area is 174 Å². The van der Waals surface area contributed by atoms with E-state index in [-0.39, 0.29) is 29.8 Å². The number of ether oxygens (including phenoxy) is 1. The Morgan fingerprint density at radius 2 is 1.90 bits per heavy atom. The van der Waals surface area contributed by atoms with Gasteiger partial charge in [-0.15, -0.1) is 4.36 Å². The van der Waals surface area contributed by atoms with Crippen LogP contribution < -0.4 is 10.1 Å². The summed E-state index contributed by atoms with van der Waals surface area (Å²) >= 11 is 0. The first-order valence-corrected chi connectivity index (χ1v) is 10.9. The SMILES string of the molecule is CCCCCCCC(C)N(C(=O)Cc1ccc(OC)c(N=S(=O)=O)c1)C(=O)NC. The van der Waals surface area contributed by atoms with E-state index in [0.717, 1.165) is 32.1 Å². The van der Waals surface area contributed by atoms with Gasteiger partial charge in [0.15, 0.2) is 0 Å². The number of hydrogen-bond donors (Lipinski definition) is 1. The molecule has 1 aromatic rings. The van der Waals surface area contributed by atoms with E-state index in [2.05, 4.69) is 16.6 Å². The highest BCUT2D eigenvalue weighted by molar-refractivity contribution is 7.61. The Morgan fingerprint density at radius 3 is 2.48 bits per heavy atom. The predicted molar refractivity (Wildman–Crippen MR) is 112 cm³/mol. The summed E-state index contributed by atoms with van der Waals surface area (Å²) in [6.07, 6.45) is 6.20. The molecule has 8 nitrogen and oxygen atoms in total. The van der Waals surface area contributed by atoms with Gasteiger partial charge >= 0.3 is 16.5 Å². The third-order valence-electron chi connectivity index (χ3n) is 4.64. The van der Waals surface area contributed by atoms with Crippen LogP contribution in [0.15, 0.2) is 22.6 Å². The number of carbonyl (C=O) groups is 2. The van der Waals surface area contributed by atoms with E-state index in [0.29, 0.717) is 5.56 Å². The minimum atomic E-state index is -2.65. The van der Waals surface area contributed by atoms with Gasteiger partial charge in [0.25, 0.3) is 0 Å². The van der Waals surface area contributed by atoms with Gasteiger partial charge in [-0.25, -0.2) is 4.79 Å². The maximum absolute atomic E-state index is 12.9. The lowest BCUT2D eigenvalue weighted by Crippen LogP contribution is -2.48. The van der Waals surface area contributed by atoms with Crippen LogP contribution in [0, 0.1) is 0 Å². The molecule has 3 amide bonds. The first kappa shape index (κ1) is 24.6. The first-order chi connectivity index (χ1) is 13.8. The second kappa shape index (κ2) is 12.9. The minimum absolute atomic E-state index is 0.0500. The summed E-state index contributed by atoms with van der Waals surface area (Å²) in [6, 6.07) is 4.00. The Bertz CT molecular complexity index is 815. The van der Waals surface area contributed by atoms with Crippen molar-refractivity contribution in [3.8, 4) is 5.75 Å². The van der Waals surface area contributed by atoms with Crippen LogP contribution >= 0.6 is 0 Å². The zero-order valence-corrected chi connectivity index (χ0v) is 18.4. The molecule has 0 saturated carbocycles. The molecular weight excluding hydrogens is 394 g/mol. The number of amides is 3. The molecule has 0 radical (unpaired) electrons. The molecule has 162 valence electrons. The lowest BCUT2D eigenvalue weighted by Gasteiger charge is -2.27. The van der Waals surface area contributed by atoms with Crippen molar-refractivity contribution in [3.05, 3.63) is 23.8 Å². The number of rotatable bonds is 11. The fraction of sp³-hybridized carbons (Fsp3) is 0.600. The highest BCUT2D eigenvalue weighted by Gasteiger charge is 2.26. The summed E-state index contributed by atoms with van der Waals surface area (Å²) in [5.74, 6) is -0.0706. The quantitative estimate of drug-likeness (QED) is 0.542. The van der Waals surface area contributed by atoms with Gasteiger partial charge in [0.1, 0.15) is 11.4 Å². The zero-order chi connectivity index (χ0) is 21.8. The number of methoxy groups -OCH3 is 1. The second-order valence-electron chi connectivity index (χ2n) is 6.86. The second-order valence-corrected chi connectivity index (χ2v) is 7.48. The van der Waals surface area contributed by atoms with Gasteiger partial charge in [0.2, 0.25) is 5.91 Å². The van der Waals surface area contributed by atoms with Crippen molar-refractivity contribution in [2.75, 3.05) is 14.2 Å². The van der Waals surface area contributed by atoms with E-state index in [4.69, 9.17) is 4.74 Å². The van der Waals surface area contributed by atoms with Gasteiger partial charge in [-0.3, -0.25) is 9.69 Å². The molecule has 1 unspecified atom stereocenters. The van der Waals surface area contributed by atoms with Crippen LogP contribution in [0.25, 0.3) is 0 Å². The van der Waals surface area contributed by atoms with Crippen molar-refractivity contribution in [2.45, 2.75) is 64.8 Å². The van der Waals surface area contributed by atoms with E-state index in [1.165, 1.54) is 31.5 Å². The zero-order valence-electron chi connectivity index (χ0n) is 17.6. The summed E-state index contributed by atoms with van der Waals surface area (Å²) < 4.78 is 30.4. The van der Waals surface area contributed by atoms with Gasteiger partial charge in [0, 0.05) is 13.1 Å². The molecule has 1 atom stereocenters. The van der Waals surface area contributed by atoms with E-state index in [1.807, 2.05) is 6.92 Å². The molecule has 0 bridgehead atoms. The standard InChI is InChI=1S/C20H31N3O5S/c1-5-6-7-8-9-10-15(2)23(20(25)21-3)19(24)14-16-11-12-18(28-4)17(13-16)22-29(26)27/h11-13,15H,5-10,14H2,1-4H3,(H,21,25). The Kier molecular flexibility index (Phi) is 11.0. The molecule has 1 aromatic carbocycles. The van der Waals surface area contributed by atoms with Gasteiger partial charge in [-0.2, -0.15) is 8.42 Å².